The summed E-state index contributed by atoms with van der Waals surface area (Å²) in [5, 5.41) is 99.9. The lowest BCUT2D eigenvalue weighted by atomic mass is 9.99. The molecule has 10 atom stereocenters. The first kappa shape index (κ1) is 30.9. The zero-order chi connectivity index (χ0) is 31.2. The minimum Gasteiger partial charge on any atom is -0.507 e. The highest BCUT2D eigenvalue weighted by atomic mass is 16.7. The van der Waals surface area contributed by atoms with E-state index in [1.54, 1.807) is 0 Å². The molecule has 2 saturated heterocycles. The maximum Gasteiger partial charge on any atom is 0.229 e. The summed E-state index contributed by atoms with van der Waals surface area (Å²) in [6, 6.07) is 7.02. The van der Waals surface area contributed by atoms with Crippen molar-refractivity contribution in [1.82, 2.24) is 0 Å². The van der Waals surface area contributed by atoms with Gasteiger partial charge in [0.1, 0.15) is 77.1 Å². The van der Waals surface area contributed by atoms with Crippen LogP contribution in [0.2, 0.25) is 0 Å². The lowest BCUT2D eigenvalue weighted by Crippen LogP contribution is -2.60. The van der Waals surface area contributed by atoms with E-state index in [-0.39, 0.29) is 33.8 Å². The van der Waals surface area contributed by atoms with Crippen molar-refractivity contribution in [2.75, 3.05) is 13.2 Å². The van der Waals surface area contributed by atoms with Crippen molar-refractivity contribution < 1.29 is 74.4 Å². The fourth-order valence-electron chi connectivity index (χ4n) is 4.80. The number of ether oxygens (including phenoxy) is 4. The number of fused-ring (bicyclic) bond motifs is 1. The van der Waals surface area contributed by atoms with Gasteiger partial charge in [0.05, 0.1) is 13.2 Å². The molecule has 0 saturated carbocycles. The van der Waals surface area contributed by atoms with Crippen molar-refractivity contribution in [1.29, 1.82) is 0 Å². The van der Waals surface area contributed by atoms with Gasteiger partial charge in [-0.2, -0.15) is 0 Å². The Morgan fingerprint density at radius 1 is 0.674 bits per heavy atom. The summed E-state index contributed by atoms with van der Waals surface area (Å²) in [6.07, 6.45) is -15.9. The summed E-state index contributed by atoms with van der Waals surface area (Å²) in [6.45, 7) is -1.39. The van der Waals surface area contributed by atoms with Gasteiger partial charge in [0.25, 0.3) is 0 Å². The van der Waals surface area contributed by atoms with Crippen LogP contribution in [0.5, 0.6) is 23.0 Å². The van der Waals surface area contributed by atoms with Crippen LogP contribution in [0, 0.1) is 0 Å². The van der Waals surface area contributed by atoms with Crippen molar-refractivity contribution in [3.8, 4) is 34.3 Å². The first-order valence-corrected chi connectivity index (χ1v) is 13.0. The predicted octanol–water partition coefficient (Wildman–Crippen LogP) is -2.77. The Morgan fingerprint density at radius 2 is 1.26 bits per heavy atom. The highest BCUT2D eigenvalue weighted by molar-refractivity contribution is 5.86. The van der Waals surface area contributed by atoms with Crippen LogP contribution >= 0.6 is 0 Å². The van der Waals surface area contributed by atoms with Gasteiger partial charge in [-0.25, -0.2) is 0 Å². The molecular formula is C27H30O16. The monoisotopic (exact) mass is 610 g/mol. The van der Waals surface area contributed by atoms with Crippen molar-refractivity contribution in [2.24, 2.45) is 0 Å². The third-order valence-corrected chi connectivity index (χ3v) is 7.22. The number of aliphatic hydroxyl groups is 8. The lowest BCUT2D eigenvalue weighted by Gasteiger charge is -2.39. The van der Waals surface area contributed by atoms with E-state index in [9.17, 15) is 55.9 Å². The van der Waals surface area contributed by atoms with Crippen LogP contribution in [0.25, 0.3) is 22.3 Å². The van der Waals surface area contributed by atoms with Crippen molar-refractivity contribution >= 4 is 11.0 Å². The smallest absolute Gasteiger partial charge is 0.229 e. The Hall–Kier alpha value is -3.55. The molecule has 10 N–H and O–H groups in total. The quantitative estimate of drug-likeness (QED) is 0.130. The van der Waals surface area contributed by atoms with Crippen LogP contribution in [-0.2, 0) is 9.47 Å². The van der Waals surface area contributed by atoms with E-state index in [1.807, 2.05) is 0 Å². The Morgan fingerprint density at radius 3 is 1.84 bits per heavy atom. The van der Waals surface area contributed by atoms with E-state index in [2.05, 4.69) is 0 Å². The van der Waals surface area contributed by atoms with E-state index >= 15 is 0 Å². The number of aliphatic hydroxyl groups excluding tert-OH is 8. The highest BCUT2D eigenvalue weighted by Crippen LogP contribution is 2.37. The van der Waals surface area contributed by atoms with Gasteiger partial charge in [0.15, 0.2) is 16.9 Å². The number of hydrogen-bond donors (Lipinski definition) is 10. The molecule has 2 aromatic carbocycles. The molecule has 0 unspecified atom stereocenters. The molecule has 1 aromatic heterocycles. The fraction of sp³-hybridized carbons (Fsp3) is 0.444. The molecular weight excluding hydrogens is 580 g/mol. The number of phenolic OH excluding ortho intramolecular Hbond substituents is 2. The molecule has 16 nitrogen and oxygen atoms in total. The molecule has 2 fully saturated rings. The van der Waals surface area contributed by atoms with E-state index < -0.39 is 91.6 Å². The Labute approximate surface area is 241 Å². The molecule has 3 heterocycles. The van der Waals surface area contributed by atoms with Crippen molar-refractivity contribution in [3.63, 3.8) is 0 Å². The number of phenols is 2. The van der Waals surface area contributed by atoms with Crippen LogP contribution in [0.1, 0.15) is 0 Å². The van der Waals surface area contributed by atoms with Crippen LogP contribution in [0.15, 0.2) is 45.6 Å². The normalized spacial score (nSPS) is 32.9. The van der Waals surface area contributed by atoms with Crippen molar-refractivity contribution in [2.45, 2.75) is 61.4 Å². The molecule has 0 spiro atoms. The third-order valence-electron chi connectivity index (χ3n) is 7.22. The predicted molar refractivity (Wildman–Crippen MR) is 140 cm³/mol. The maximum atomic E-state index is 12.9. The first-order valence-electron chi connectivity index (χ1n) is 13.0. The largest absolute Gasteiger partial charge is 0.507 e. The Bertz CT molecular complexity index is 1500. The van der Waals surface area contributed by atoms with Gasteiger partial charge >= 0.3 is 0 Å². The van der Waals surface area contributed by atoms with E-state index in [1.165, 1.54) is 24.3 Å². The molecule has 3 aromatic rings. The highest BCUT2D eigenvalue weighted by Gasteiger charge is 2.46. The molecule has 0 aliphatic carbocycles. The van der Waals surface area contributed by atoms with Crippen LogP contribution in [0.4, 0.5) is 0 Å². The SMILES string of the molecule is O=c1cc(-c2ccc(O)c(O[C@@H]3O[C@@H](CO)[C@@H](O)[C@@H](O)[C@H]3O)c2)oc2cc(O[C@@H]3O[C@H](CO)[C@@H](O)[C@@H](O)[C@H]3O)cc(O)c12. The van der Waals surface area contributed by atoms with E-state index in [0.717, 1.165) is 12.1 Å². The molecule has 0 amide bonds. The van der Waals surface area contributed by atoms with Crippen molar-refractivity contribution in [3.05, 3.63) is 46.6 Å². The summed E-state index contributed by atoms with van der Waals surface area (Å²) in [5.74, 6) is -1.54. The van der Waals surface area contributed by atoms with Gasteiger partial charge in [-0.3, -0.25) is 4.79 Å². The number of aromatic hydroxyl groups is 2. The molecule has 5 rings (SSSR count). The molecule has 2 aliphatic rings. The molecule has 0 radical (unpaired) electrons. The summed E-state index contributed by atoms with van der Waals surface area (Å²) in [5.41, 5.74) is -0.708. The molecule has 16 heteroatoms. The lowest BCUT2D eigenvalue weighted by molar-refractivity contribution is -0.277. The number of benzene rings is 2. The van der Waals surface area contributed by atoms with Gasteiger partial charge in [-0.1, -0.05) is 0 Å². The first-order chi connectivity index (χ1) is 20.4. The van der Waals surface area contributed by atoms with E-state index in [4.69, 9.17) is 23.4 Å². The van der Waals surface area contributed by atoms with Gasteiger partial charge < -0.3 is 74.4 Å². The third kappa shape index (κ3) is 5.85. The second-order valence-electron chi connectivity index (χ2n) is 10.1. The Kier molecular flexibility index (Phi) is 8.77. The van der Waals surface area contributed by atoms with Gasteiger partial charge in [-0.05, 0) is 18.2 Å². The topological polar surface area (TPSA) is 269 Å². The summed E-state index contributed by atoms with van der Waals surface area (Å²) in [7, 11) is 0. The molecule has 43 heavy (non-hydrogen) atoms. The standard InChI is InChI=1S/C27H30O16/c28-7-17-20(33)22(35)24(37)26(42-17)39-10-4-12(31)19-13(32)6-14(40-16(19)5-10)9-1-2-11(30)15(3-9)41-27-25(38)23(36)21(34)18(8-29)43-27/h1-6,17-18,20-31,33-38H,7-8H2/t17-,18+,20-,21-,22-,23-,24-,25-,26-,27-/m1/s1. The van der Waals surface area contributed by atoms with Gasteiger partial charge in [-0.15, -0.1) is 0 Å². The fourth-order valence-corrected chi connectivity index (χ4v) is 4.80. The number of hydrogen-bond acceptors (Lipinski definition) is 16. The molecule has 0 bridgehead atoms. The maximum absolute atomic E-state index is 12.9. The zero-order valence-corrected chi connectivity index (χ0v) is 22.1. The zero-order valence-electron chi connectivity index (χ0n) is 22.1. The van der Waals surface area contributed by atoms with Gasteiger partial charge in [0, 0.05) is 23.8 Å². The Balaban J connectivity index is 1.45. The number of rotatable bonds is 7. The van der Waals surface area contributed by atoms with Crippen LogP contribution in [-0.4, -0.2) is 126 Å². The average molecular weight is 611 g/mol. The second kappa shape index (κ2) is 12.2. The van der Waals surface area contributed by atoms with Crippen LogP contribution < -0.4 is 14.9 Å². The minimum absolute atomic E-state index is 0.0828. The average Bonchev–Trinajstić information content (AvgIpc) is 2.98. The second-order valence-corrected chi connectivity index (χ2v) is 10.1. The van der Waals surface area contributed by atoms with E-state index in [0.29, 0.717) is 0 Å². The molecule has 2 aliphatic heterocycles. The van der Waals surface area contributed by atoms with Crippen LogP contribution in [0.3, 0.4) is 0 Å². The molecule has 234 valence electrons. The summed E-state index contributed by atoms with van der Waals surface area (Å²) < 4.78 is 27.5. The summed E-state index contributed by atoms with van der Waals surface area (Å²) in [4.78, 5) is 12.9. The summed E-state index contributed by atoms with van der Waals surface area (Å²) >= 11 is 0. The van der Waals surface area contributed by atoms with Gasteiger partial charge in [0.2, 0.25) is 12.6 Å². The minimum atomic E-state index is -1.76.